The first-order chi connectivity index (χ1) is 9.40. The van der Waals surface area contributed by atoms with Gasteiger partial charge in [0.1, 0.15) is 6.04 Å². The van der Waals surface area contributed by atoms with E-state index in [0.29, 0.717) is 0 Å². The van der Waals surface area contributed by atoms with Crippen molar-refractivity contribution in [3.05, 3.63) is 29.6 Å². The number of hydrogen-bond donors (Lipinski definition) is 3. The molecular weight excluding hydrogens is 264 g/mol. The molecule has 0 aliphatic rings. The highest BCUT2D eigenvalue weighted by Gasteiger charge is 2.20. The molecule has 0 fully saturated rings. The number of aromatic nitrogens is 1. The normalized spacial score (nSPS) is 11.7. The molecule has 108 valence electrons. The van der Waals surface area contributed by atoms with Gasteiger partial charge < -0.3 is 15.5 Å². The maximum absolute atomic E-state index is 11.9. The SMILES string of the molecule is Cc1cncc(C(=O)N[C@H](CCCC(=O)O)C(=O)O)c1. The van der Waals surface area contributed by atoms with Crippen LogP contribution in [0.5, 0.6) is 0 Å². The molecular formula is C13H16N2O5. The van der Waals surface area contributed by atoms with Gasteiger partial charge in [-0.1, -0.05) is 0 Å². The third-order valence-corrected chi connectivity index (χ3v) is 2.62. The molecule has 1 rings (SSSR count). The van der Waals surface area contributed by atoms with E-state index in [1.165, 1.54) is 6.20 Å². The minimum absolute atomic E-state index is 0.0621. The van der Waals surface area contributed by atoms with Crippen LogP contribution in [0.4, 0.5) is 0 Å². The molecule has 0 radical (unpaired) electrons. The van der Waals surface area contributed by atoms with E-state index in [9.17, 15) is 14.4 Å². The number of hydrogen-bond acceptors (Lipinski definition) is 4. The van der Waals surface area contributed by atoms with Crippen LogP contribution < -0.4 is 5.32 Å². The summed E-state index contributed by atoms with van der Waals surface area (Å²) in [5, 5.41) is 19.9. The maximum atomic E-state index is 11.9. The number of amides is 1. The smallest absolute Gasteiger partial charge is 0.326 e. The first-order valence-corrected chi connectivity index (χ1v) is 6.07. The fraction of sp³-hybridized carbons (Fsp3) is 0.385. The average molecular weight is 280 g/mol. The van der Waals surface area contributed by atoms with Crippen molar-refractivity contribution in [2.45, 2.75) is 32.2 Å². The molecule has 0 spiro atoms. The molecule has 0 saturated heterocycles. The standard InChI is InChI=1S/C13H16N2O5/c1-8-5-9(7-14-6-8)12(18)15-10(13(19)20)3-2-4-11(16)17/h5-7,10H,2-4H2,1H3,(H,15,18)(H,16,17)(H,19,20)/t10-/m1/s1. The Hall–Kier alpha value is -2.44. The minimum Gasteiger partial charge on any atom is -0.481 e. The van der Waals surface area contributed by atoms with Crippen LogP contribution in [-0.4, -0.2) is 39.1 Å². The van der Waals surface area contributed by atoms with Crippen LogP contribution in [-0.2, 0) is 9.59 Å². The lowest BCUT2D eigenvalue weighted by Gasteiger charge is -2.14. The number of carboxylic acids is 2. The molecule has 1 heterocycles. The van der Waals surface area contributed by atoms with Crippen LogP contribution in [0.15, 0.2) is 18.5 Å². The molecule has 1 aromatic rings. The van der Waals surface area contributed by atoms with Crippen LogP contribution in [0.1, 0.15) is 35.2 Å². The highest BCUT2D eigenvalue weighted by Crippen LogP contribution is 2.05. The predicted octanol–water partition coefficient (Wildman–Crippen LogP) is 0.828. The Morgan fingerprint density at radius 1 is 1.30 bits per heavy atom. The molecule has 1 amide bonds. The van der Waals surface area contributed by atoms with Gasteiger partial charge in [0.15, 0.2) is 0 Å². The third-order valence-electron chi connectivity index (χ3n) is 2.62. The van der Waals surface area contributed by atoms with Crippen molar-refractivity contribution in [3.8, 4) is 0 Å². The number of aryl methyl sites for hydroxylation is 1. The second-order valence-electron chi connectivity index (χ2n) is 4.40. The van der Waals surface area contributed by atoms with Gasteiger partial charge in [0.05, 0.1) is 5.56 Å². The van der Waals surface area contributed by atoms with Gasteiger partial charge in [-0.05, 0) is 31.4 Å². The first kappa shape index (κ1) is 15.6. The summed E-state index contributed by atoms with van der Waals surface area (Å²) in [6.45, 7) is 1.77. The Bertz CT molecular complexity index is 515. The van der Waals surface area contributed by atoms with E-state index in [1.54, 1.807) is 19.2 Å². The zero-order valence-electron chi connectivity index (χ0n) is 11.0. The lowest BCUT2D eigenvalue weighted by Crippen LogP contribution is -2.40. The van der Waals surface area contributed by atoms with Gasteiger partial charge in [-0.15, -0.1) is 0 Å². The van der Waals surface area contributed by atoms with Crippen LogP contribution in [0.2, 0.25) is 0 Å². The van der Waals surface area contributed by atoms with Crippen LogP contribution >= 0.6 is 0 Å². The monoisotopic (exact) mass is 280 g/mol. The summed E-state index contributed by atoms with van der Waals surface area (Å²) in [5.74, 6) is -2.73. The zero-order valence-corrected chi connectivity index (χ0v) is 11.0. The van der Waals surface area contributed by atoms with Crippen LogP contribution in [0.25, 0.3) is 0 Å². The molecule has 1 atom stereocenters. The largest absolute Gasteiger partial charge is 0.481 e. The molecule has 0 unspecified atom stereocenters. The first-order valence-electron chi connectivity index (χ1n) is 6.07. The van der Waals surface area contributed by atoms with Gasteiger partial charge in [-0.25, -0.2) is 4.79 Å². The number of nitrogens with one attached hydrogen (secondary N) is 1. The quantitative estimate of drug-likeness (QED) is 0.681. The van der Waals surface area contributed by atoms with Gasteiger partial charge in [-0.2, -0.15) is 0 Å². The van der Waals surface area contributed by atoms with E-state index >= 15 is 0 Å². The molecule has 3 N–H and O–H groups in total. The Morgan fingerprint density at radius 2 is 2.00 bits per heavy atom. The fourth-order valence-electron chi connectivity index (χ4n) is 1.64. The molecule has 7 nitrogen and oxygen atoms in total. The number of nitrogens with zero attached hydrogens (tertiary/aromatic N) is 1. The predicted molar refractivity (Wildman–Crippen MR) is 69.4 cm³/mol. The fourth-order valence-corrected chi connectivity index (χ4v) is 1.64. The van der Waals surface area contributed by atoms with E-state index < -0.39 is 23.9 Å². The van der Waals surface area contributed by atoms with Gasteiger partial charge in [0.2, 0.25) is 0 Å². The maximum Gasteiger partial charge on any atom is 0.326 e. The molecule has 0 aliphatic carbocycles. The summed E-state index contributed by atoms with van der Waals surface area (Å²) < 4.78 is 0. The van der Waals surface area contributed by atoms with Crippen molar-refractivity contribution in [1.82, 2.24) is 10.3 Å². The topological polar surface area (TPSA) is 117 Å². The van der Waals surface area contributed by atoms with Gasteiger partial charge >= 0.3 is 11.9 Å². The highest BCUT2D eigenvalue weighted by atomic mass is 16.4. The lowest BCUT2D eigenvalue weighted by atomic mass is 10.1. The van der Waals surface area contributed by atoms with E-state index in [0.717, 1.165) is 5.56 Å². The number of aliphatic carboxylic acids is 2. The Balaban J connectivity index is 2.63. The second kappa shape index (κ2) is 7.22. The van der Waals surface area contributed by atoms with E-state index in [1.807, 2.05) is 0 Å². The van der Waals surface area contributed by atoms with Crippen LogP contribution in [0.3, 0.4) is 0 Å². The molecule has 0 aromatic carbocycles. The number of carbonyl (C=O) groups excluding carboxylic acids is 1. The zero-order chi connectivity index (χ0) is 15.1. The second-order valence-corrected chi connectivity index (χ2v) is 4.40. The van der Waals surface area contributed by atoms with Gasteiger partial charge in [0, 0.05) is 18.8 Å². The Morgan fingerprint density at radius 3 is 2.55 bits per heavy atom. The third kappa shape index (κ3) is 5.05. The summed E-state index contributed by atoms with van der Waals surface area (Å²) in [6, 6.07) is 0.487. The van der Waals surface area contributed by atoms with Crippen molar-refractivity contribution in [1.29, 1.82) is 0 Å². The Kier molecular flexibility index (Phi) is 5.64. The molecule has 20 heavy (non-hydrogen) atoms. The highest BCUT2D eigenvalue weighted by molar-refractivity contribution is 5.96. The Labute approximate surface area is 115 Å². The minimum atomic E-state index is -1.19. The summed E-state index contributed by atoms with van der Waals surface area (Å²) in [7, 11) is 0. The summed E-state index contributed by atoms with van der Waals surface area (Å²) >= 11 is 0. The number of rotatable bonds is 7. The van der Waals surface area contributed by atoms with Crippen molar-refractivity contribution in [2.75, 3.05) is 0 Å². The van der Waals surface area contributed by atoms with E-state index in [4.69, 9.17) is 10.2 Å². The van der Waals surface area contributed by atoms with Crippen molar-refractivity contribution < 1.29 is 24.6 Å². The van der Waals surface area contributed by atoms with Gasteiger partial charge in [0.25, 0.3) is 5.91 Å². The molecule has 0 saturated carbocycles. The van der Waals surface area contributed by atoms with Crippen molar-refractivity contribution >= 4 is 17.8 Å². The summed E-state index contributed by atoms with van der Waals surface area (Å²) in [6.07, 6.45) is 3.04. The van der Waals surface area contributed by atoms with Crippen LogP contribution in [0, 0.1) is 6.92 Å². The molecule has 0 bridgehead atoms. The summed E-state index contributed by atoms with van der Waals surface area (Å²) in [5.41, 5.74) is 1.06. The number of pyridine rings is 1. The lowest BCUT2D eigenvalue weighted by molar-refractivity contribution is -0.140. The van der Waals surface area contributed by atoms with Crippen molar-refractivity contribution in [2.24, 2.45) is 0 Å². The van der Waals surface area contributed by atoms with E-state index in [2.05, 4.69) is 10.3 Å². The van der Waals surface area contributed by atoms with Gasteiger partial charge in [-0.3, -0.25) is 14.6 Å². The molecule has 0 aliphatic heterocycles. The summed E-state index contributed by atoms with van der Waals surface area (Å²) in [4.78, 5) is 37.2. The number of carboxylic acid groups (broad SMARTS) is 2. The number of carbonyl (C=O) groups is 3. The average Bonchev–Trinajstić information content (AvgIpc) is 2.36. The molecule has 1 aromatic heterocycles. The molecule has 7 heteroatoms. The van der Waals surface area contributed by atoms with E-state index in [-0.39, 0.29) is 24.8 Å². The van der Waals surface area contributed by atoms with Crippen molar-refractivity contribution in [3.63, 3.8) is 0 Å².